The Hall–Kier alpha value is -2.68. The molecule has 9 heteroatoms. The number of fused-ring (bicyclic) bond motifs is 1. The van der Waals surface area contributed by atoms with Gasteiger partial charge in [-0.3, -0.25) is 4.79 Å². The Balaban J connectivity index is 1.64. The fourth-order valence-electron chi connectivity index (χ4n) is 2.06. The maximum absolute atomic E-state index is 12.4. The number of amides is 1. The molecule has 0 aliphatic heterocycles. The zero-order chi connectivity index (χ0) is 16.3. The molecule has 0 aliphatic rings. The first kappa shape index (κ1) is 15.2. The second-order valence-electron chi connectivity index (χ2n) is 4.81. The summed E-state index contributed by atoms with van der Waals surface area (Å²) in [5.41, 5.74) is 0.525. The Morgan fingerprint density at radius 1 is 1.17 bits per heavy atom. The van der Waals surface area contributed by atoms with Crippen molar-refractivity contribution < 1.29 is 22.3 Å². The molecule has 0 aliphatic carbocycles. The molecule has 0 atom stereocenters. The predicted molar refractivity (Wildman–Crippen MR) is 79.0 cm³/mol. The van der Waals surface area contributed by atoms with Gasteiger partial charge in [-0.25, -0.2) is 13.0 Å². The Morgan fingerprint density at radius 3 is 2.83 bits per heavy atom. The molecule has 0 saturated heterocycles. The molecule has 23 heavy (non-hydrogen) atoms. The topological polar surface area (TPSA) is 115 Å². The van der Waals surface area contributed by atoms with Gasteiger partial charge in [0.15, 0.2) is 15.4 Å². The average molecular weight is 335 g/mol. The zero-order valence-corrected chi connectivity index (χ0v) is 12.7. The lowest BCUT2D eigenvalue weighted by atomic mass is 10.3. The van der Waals surface area contributed by atoms with E-state index in [1.807, 2.05) is 0 Å². The first-order chi connectivity index (χ1) is 11.1. The summed E-state index contributed by atoms with van der Waals surface area (Å²) in [4.78, 5) is 11.8. The molecule has 3 rings (SSSR count). The second-order valence-corrected chi connectivity index (χ2v) is 6.89. The summed E-state index contributed by atoms with van der Waals surface area (Å²) in [7, 11) is -3.67. The van der Waals surface area contributed by atoms with E-state index in [2.05, 4.69) is 20.3 Å². The first-order valence-corrected chi connectivity index (χ1v) is 8.44. The quantitative estimate of drug-likeness (QED) is 0.721. The summed E-state index contributed by atoms with van der Waals surface area (Å²) in [5, 5.41) is 9.81. The highest BCUT2D eigenvalue weighted by Crippen LogP contribution is 2.21. The summed E-state index contributed by atoms with van der Waals surface area (Å²) in [6.45, 7) is 0.217. The lowest BCUT2D eigenvalue weighted by molar-refractivity contribution is -0.120. The van der Waals surface area contributed by atoms with E-state index in [1.54, 1.807) is 24.3 Å². The minimum absolute atomic E-state index is 0.00934. The molecule has 0 bridgehead atoms. The molecule has 0 spiro atoms. The van der Waals surface area contributed by atoms with Crippen molar-refractivity contribution in [3.63, 3.8) is 0 Å². The van der Waals surface area contributed by atoms with E-state index >= 15 is 0 Å². The highest BCUT2D eigenvalue weighted by atomic mass is 32.2. The van der Waals surface area contributed by atoms with E-state index < -0.39 is 9.84 Å². The monoisotopic (exact) mass is 335 g/mol. The van der Waals surface area contributed by atoms with Crippen molar-refractivity contribution in [2.45, 2.75) is 17.9 Å². The van der Waals surface area contributed by atoms with Gasteiger partial charge in [-0.2, -0.15) is 0 Å². The molecule has 8 nitrogen and oxygen atoms in total. The SMILES string of the molecule is O=C(CCS(=O)(=O)c1cccc2nonc12)NCc1ccco1. The van der Waals surface area contributed by atoms with Gasteiger partial charge >= 0.3 is 0 Å². The Bertz CT molecular complexity index is 915. The molecular weight excluding hydrogens is 322 g/mol. The van der Waals surface area contributed by atoms with Crippen LogP contribution in [-0.2, 0) is 21.2 Å². The lowest BCUT2D eigenvalue weighted by Crippen LogP contribution is -2.25. The van der Waals surface area contributed by atoms with Crippen LogP contribution in [0.5, 0.6) is 0 Å². The molecule has 0 saturated carbocycles. The summed E-state index contributed by atoms with van der Waals surface area (Å²) in [5.74, 6) is -0.113. The molecule has 0 radical (unpaired) electrons. The highest BCUT2D eigenvalue weighted by Gasteiger charge is 2.21. The summed E-state index contributed by atoms with van der Waals surface area (Å²) < 4.78 is 34.4. The average Bonchev–Trinajstić information content (AvgIpc) is 3.21. The molecule has 1 N–H and O–H groups in total. The Kier molecular flexibility index (Phi) is 4.11. The fraction of sp³-hybridized carbons (Fsp3) is 0.214. The molecule has 2 aromatic heterocycles. The van der Waals surface area contributed by atoms with Crippen LogP contribution in [0, 0.1) is 0 Å². The first-order valence-electron chi connectivity index (χ1n) is 6.79. The van der Waals surface area contributed by atoms with Gasteiger partial charge in [-0.15, -0.1) is 0 Å². The number of carbonyl (C=O) groups excluding carboxylic acids is 1. The van der Waals surface area contributed by atoms with Crippen LogP contribution < -0.4 is 5.32 Å². The fourth-order valence-corrected chi connectivity index (χ4v) is 3.45. The summed E-state index contributed by atoms with van der Waals surface area (Å²) >= 11 is 0. The molecule has 2 heterocycles. The third kappa shape index (κ3) is 3.39. The minimum atomic E-state index is -3.67. The van der Waals surface area contributed by atoms with Gasteiger partial charge in [0.25, 0.3) is 0 Å². The highest BCUT2D eigenvalue weighted by molar-refractivity contribution is 7.91. The lowest BCUT2D eigenvalue weighted by Gasteiger charge is -2.05. The van der Waals surface area contributed by atoms with Crippen LogP contribution in [0.1, 0.15) is 12.2 Å². The van der Waals surface area contributed by atoms with Gasteiger partial charge in [-0.1, -0.05) is 6.07 Å². The van der Waals surface area contributed by atoms with E-state index in [4.69, 9.17) is 4.42 Å². The van der Waals surface area contributed by atoms with Crippen molar-refractivity contribution in [2.24, 2.45) is 0 Å². The van der Waals surface area contributed by atoms with Crippen LogP contribution in [0.25, 0.3) is 11.0 Å². The standard InChI is InChI=1S/C14H13N3O5S/c18-13(15-9-10-3-2-7-21-10)6-8-23(19,20)12-5-1-4-11-14(12)17-22-16-11/h1-5,7H,6,8-9H2,(H,15,18). The number of hydrogen-bond donors (Lipinski definition) is 1. The van der Waals surface area contributed by atoms with Gasteiger partial charge in [0, 0.05) is 6.42 Å². The molecule has 1 amide bonds. The third-order valence-electron chi connectivity index (χ3n) is 3.22. The van der Waals surface area contributed by atoms with Crippen molar-refractivity contribution in [1.82, 2.24) is 15.6 Å². The van der Waals surface area contributed by atoms with Gasteiger partial charge in [0.1, 0.15) is 11.3 Å². The van der Waals surface area contributed by atoms with Crippen LogP contribution in [0.4, 0.5) is 0 Å². The van der Waals surface area contributed by atoms with Crippen molar-refractivity contribution in [1.29, 1.82) is 0 Å². The largest absolute Gasteiger partial charge is 0.467 e. The van der Waals surface area contributed by atoms with Gasteiger partial charge in [0.05, 0.1) is 23.5 Å². The maximum Gasteiger partial charge on any atom is 0.221 e. The van der Waals surface area contributed by atoms with Crippen LogP contribution >= 0.6 is 0 Å². The predicted octanol–water partition coefficient (Wildman–Crippen LogP) is 1.30. The van der Waals surface area contributed by atoms with Crippen molar-refractivity contribution >= 4 is 26.8 Å². The van der Waals surface area contributed by atoms with E-state index in [0.717, 1.165) is 0 Å². The Morgan fingerprint density at radius 2 is 2.04 bits per heavy atom. The number of benzene rings is 1. The van der Waals surface area contributed by atoms with Gasteiger partial charge < -0.3 is 9.73 Å². The van der Waals surface area contributed by atoms with Crippen LogP contribution in [0.2, 0.25) is 0 Å². The van der Waals surface area contributed by atoms with Crippen LogP contribution in [0.15, 0.2) is 50.5 Å². The van der Waals surface area contributed by atoms with Crippen molar-refractivity contribution in [2.75, 3.05) is 5.75 Å². The number of aromatic nitrogens is 2. The Labute approximate surface area is 131 Å². The number of rotatable bonds is 6. The van der Waals surface area contributed by atoms with Gasteiger partial charge in [-0.05, 0) is 34.6 Å². The number of nitrogens with zero attached hydrogens (tertiary/aromatic N) is 2. The number of hydrogen-bond acceptors (Lipinski definition) is 7. The van der Waals surface area contributed by atoms with E-state index in [9.17, 15) is 13.2 Å². The summed E-state index contributed by atoms with van der Waals surface area (Å²) in [6.07, 6.45) is 1.34. The number of nitrogens with one attached hydrogen (secondary N) is 1. The zero-order valence-electron chi connectivity index (χ0n) is 11.9. The van der Waals surface area contributed by atoms with Crippen molar-refractivity contribution in [3.05, 3.63) is 42.4 Å². The molecule has 0 fully saturated rings. The third-order valence-corrected chi connectivity index (χ3v) is 4.96. The number of carbonyl (C=O) groups is 1. The normalized spacial score (nSPS) is 11.7. The molecule has 3 aromatic rings. The molecule has 0 unspecified atom stereocenters. The maximum atomic E-state index is 12.4. The van der Waals surface area contributed by atoms with Gasteiger partial charge in [0.2, 0.25) is 5.91 Å². The number of sulfone groups is 1. The number of furan rings is 1. The van der Waals surface area contributed by atoms with E-state index in [-0.39, 0.29) is 35.0 Å². The van der Waals surface area contributed by atoms with Crippen molar-refractivity contribution in [3.8, 4) is 0 Å². The van der Waals surface area contributed by atoms with Crippen LogP contribution in [-0.4, -0.2) is 30.4 Å². The molecular formula is C14H13N3O5S. The summed E-state index contributed by atoms with van der Waals surface area (Å²) in [6, 6.07) is 7.99. The minimum Gasteiger partial charge on any atom is -0.467 e. The smallest absolute Gasteiger partial charge is 0.221 e. The molecule has 120 valence electrons. The van der Waals surface area contributed by atoms with Crippen LogP contribution in [0.3, 0.4) is 0 Å². The van der Waals surface area contributed by atoms with E-state index in [1.165, 1.54) is 12.3 Å². The van der Waals surface area contributed by atoms with E-state index in [0.29, 0.717) is 11.3 Å². The second kappa shape index (κ2) is 6.21. The molecule has 1 aromatic carbocycles.